The lowest BCUT2D eigenvalue weighted by Gasteiger charge is -2.19. The molecule has 5 nitrogen and oxygen atoms in total. The summed E-state index contributed by atoms with van der Waals surface area (Å²) in [5.74, 6) is 0.0576. The first-order chi connectivity index (χ1) is 11.2. The molecule has 23 heavy (non-hydrogen) atoms. The summed E-state index contributed by atoms with van der Waals surface area (Å²) < 4.78 is 5.30. The minimum atomic E-state index is -0.368. The zero-order chi connectivity index (χ0) is 16.2. The molecule has 0 spiro atoms. The number of carbonyl (C=O) groups is 2. The number of anilines is 2. The number of carbonyl (C=O) groups excluding carboxylic acids is 2. The van der Waals surface area contributed by atoms with Crippen LogP contribution in [0, 0.1) is 5.92 Å². The van der Waals surface area contributed by atoms with Crippen LogP contribution in [0.1, 0.15) is 6.42 Å². The Kier molecular flexibility index (Phi) is 4.28. The van der Waals surface area contributed by atoms with E-state index in [0.29, 0.717) is 18.0 Å². The SMILES string of the molecule is COc1ccccc1N1C[C@@H](C(=O)Nc2ccccc2)CC1=O. The zero-order valence-corrected chi connectivity index (χ0v) is 12.9. The smallest absolute Gasteiger partial charge is 0.229 e. The van der Waals surface area contributed by atoms with Gasteiger partial charge in [0.2, 0.25) is 11.8 Å². The van der Waals surface area contributed by atoms with Crippen molar-refractivity contribution in [2.45, 2.75) is 6.42 Å². The van der Waals surface area contributed by atoms with Crippen LogP contribution in [0.3, 0.4) is 0 Å². The van der Waals surface area contributed by atoms with Crippen molar-refractivity contribution < 1.29 is 14.3 Å². The zero-order valence-electron chi connectivity index (χ0n) is 12.9. The van der Waals surface area contributed by atoms with Gasteiger partial charge < -0.3 is 15.0 Å². The monoisotopic (exact) mass is 310 g/mol. The molecule has 1 atom stereocenters. The summed E-state index contributed by atoms with van der Waals surface area (Å²) in [5, 5.41) is 2.86. The van der Waals surface area contributed by atoms with E-state index < -0.39 is 0 Å². The fraction of sp³-hybridized carbons (Fsp3) is 0.222. The Morgan fingerprint density at radius 2 is 1.83 bits per heavy atom. The summed E-state index contributed by atoms with van der Waals surface area (Å²) >= 11 is 0. The molecule has 1 fully saturated rings. The molecule has 0 radical (unpaired) electrons. The quantitative estimate of drug-likeness (QED) is 0.944. The molecule has 1 saturated heterocycles. The van der Waals surface area contributed by atoms with Crippen molar-refractivity contribution in [3.63, 3.8) is 0 Å². The molecule has 118 valence electrons. The van der Waals surface area contributed by atoms with Crippen LogP contribution >= 0.6 is 0 Å². The molecule has 5 heteroatoms. The first-order valence-electron chi connectivity index (χ1n) is 7.48. The highest BCUT2D eigenvalue weighted by atomic mass is 16.5. The summed E-state index contributed by atoms with van der Waals surface area (Å²) in [4.78, 5) is 26.3. The van der Waals surface area contributed by atoms with E-state index in [1.165, 1.54) is 0 Å². The lowest BCUT2D eigenvalue weighted by molar-refractivity contribution is -0.122. The number of benzene rings is 2. The van der Waals surface area contributed by atoms with Crippen LogP contribution in [0.25, 0.3) is 0 Å². The molecule has 0 aliphatic carbocycles. The van der Waals surface area contributed by atoms with Crippen molar-refractivity contribution in [1.82, 2.24) is 0 Å². The van der Waals surface area contributed by atoms with Gasteiger partial charge in [-0.15, -0.1) is 0 Å². The summed E-state index contributed by atoms with van der Waals surface area (Å²) in [7, 11) is 1.57. The second-order valence-corrected chi connectivity index (χ2v) is 5.43. The number of ether oxygens (including phenoxy) is 1. The minimum absolute atomic E-state index is 0.0669. The molecular formula is C18H18N2O3. The Balaban J connectivity index is 1.73. The van der Waals surface area contributed by atoms with Gasteiger partial charge in [0.15, 0.2) is 0 Å². The molecule has 2 aromatic carbocycles. The van der Waals surface area contributed by atoms with Crippen LogP contribution in [-0.2, 0) is 9.59 Å². The predicted octanol–water partition coefficient (Wildman–Crippen LogP) is 2.69. The molecule has 0 unspecified atom stereocenters. The Bertz CT molecular complexity index is 715. The molecule has 2 aromatic rings. The van der Waals surface area contributed by atoms with Gasteiger partial charge in [-0.3, -0.25) is 9.59 Å². The average molecular weight is 310 g/mol. The van der Waals surface area contributed by atoms with E-state index in [4.69, 9.17) is 4.74 Å². The first kappa shape index (κ1) is 15.1. The number of amides is 2. The third-order valence-corrected chi connectivity index (χ3v) is 3.91. The molecule has 1 aliphatic rings. The van der Waals surface area contributed by atoms with Crippen LogP contribution in [-0.4, -0.2) is 25.5 Å². The van der Waals surface area contributed by atoms with E-state index >= 15 is 0 Å². The van der Waals surface area contributed by atoms with E-state index in [2.05, 4.69) is 5.32 Å². The normalized spacial score (nSPS) is 17.2. The van der Waals surface area contributed by atoms with Crippen LogP contribution in [0.2, 0.25) is 0 Å². The average Bonchev–Trinajstić information content (AvgIpc) is 2.97. The molecular weight excluding hydrogens is 292 g/mol. The van der Waals surface area contributed by atoms with Crippen molar-refractivity contribution in [3.8, 4) is 5.75 Å². The summed E-state index contributed by atoms with van der Waals surface area (Å²) in [6, 6.07) is 16.6. The Morgan fingerprint density at radius 3 is 2.57 bits per heavy atom. The lowest BCUT2D eigenvalue weighted by atomic mass is 10.1. The van der Waals surface area contributed by atoms with Crippen molar-refractivity contribution in [3.05, 3.63) is 54.6 Å². The largest absolute Gasteiger partial charge is 0.495 e. The summed E-state index contributed by atoms with van der Waals surface area (Å²) in [5.41, 5.74) is 1.44. The van der Waals surface area contributed by atoms with Gasteiger partial charge in [-0.2, -0.15) is 0 Å². The van der Waals surface area contributed by atoms with Crippen LogP contribution in [0.4, 0.5) is 11.4 Å². The second kappa shape index (κ2) is 6.52. The third-order valence-electron chi connectivity index (χ3n) is 3.91. The summed E-state index contributed by atoms with van der Waals surface area (Å²) in [6.45, 7) is 0.359. The number of methoxy groups -OCH3 is 1. The standard InChI is InChI=1S/C18H18N2O3/c1-23-16-10-6-5-9-15(16)20-12-13(11-17(20)21)18(22)19-14-7-3-2-4-8-14/h2-10,13H,11-12H2,1H3,(H,19,22)/t13-/m0/s1. The topological polar surface area (TPSA) is 58.6 Å². The molecule has 3 rings (SSSR count). The molecule has 1 aliphatic heterocycles. The molecule has 1 N–H and O–H groups in total. The number of hydrogen-bond donors (Lipinski definition) is 1. The van der Waals surface area contributed by atoms with E-state index in [0.717, 1.165) is 5.69 Å². The van der Waals surface area contributed by atoms with Gasteiger partial charge in [0.25, 0.3) is 0 Å². The number of hydrogen-bond acceptors (Lipinski definition) is 3. The van der Waals surface area contributed by atoms with Crippen LogP contribution in [0.15, 0.2) is 54.6 Å². The fourth-order valence-corrected chi connectivity index (χ4v) is 2.73. The van der Waals surface area contributed by atoms with Gasteiger partial charge >= 0.3 is 0 Å². The highest BCUT2D eigenvalue weighted by molar-refractivity contribution is 6.04. The Hall–Kier alpha value is -2.82. The lowest BCUT2D eigenvalue weighted by Crippen LogP contribution is -2.28. The van der Waals surface area contributed by atoms with Crippen molar-refractivity contribution in [1.29, 1.82) is 0 Å². The van der Waals surface area contributed by atoms with Crippen molar-refractivity contribution in [2.24, 2.45) is 5.92 Å². The third kappa shape index (κ3) is 3.18. The number of para-hydroxylation sites is 3. The minimum Gasteiger partial charge on any atom is -0.495 e. The van der Waals surface area contributed by atoms with Gasteiger partial charge in [0.1, 0.15) is 5.75 Å². The van der Waals surface area contributed by atoms with Crippen molar-refractivity contribution >= 4 is 23.2 Å². The first-order valence-corrected chi connectivity index (χ1v) is 7.48. The highest BCUT2D eigenvalue weighted by Crippen LogP contribution is 2.33. The van der Waals surface area contributed by atoms with Gasteiger partial charge in [0, 0.05) is 18.7 Å². The number of nitrogens with zero attached hydrogens (tertiary/aromatic N) is 1. The summed E-state index contributed by atoms with van der Waals surface area (Å²) in [6.07, 6.45) is 0.205. The molecule has 2 amide bonds. The number of rotatable bonds is 4. The second-order valence-electron chi connectivity index (χ2n) is 5.43. The molecule has 0 aromatic heterocycles. The van der Waals surface area contributed by atoms with Gasteiger partial charge in [-0.05, 0) is 24.3 Å². The van der Waals surface area contributed by atoms with Crippen LogP contribution < -0.4 is 15.0 Å². The Morgan fingerprint density at radius 1 is 1.13 bits per heavy atom. The highest BCUT2D eigenvalue weighted by Gasteiger charge is 2.36. The van der Waals surface area contributed by atoms with E-state index in [-0.39, 0.29) is 24.2 Å². The Labute approximate surface area is 134 Å². The molecule has 0 saturated carbocycles. The molecule has 1 heterocycles. The van der Waals surface area contributed by atoms with E-state index in [1.807, 2.05) is 48.5 Å². The van der Waals surface area contributed by atoms with Gasteiger partial charge in [0.05, 0.1) is 18.7 Å². The maximum Gasteiger partial charge on any atom is 0.229 e. The maximum absolute atomic E-state index is 12.4. The van der Waals surface area contributed by atoms with Crippen LogP contribution in [0.5, 0.6) is 5.75 Å². The predicted molar refractivity (Wildman–Crippen MR) is 88.5 cm³/mol. The van der Waals surface area contributed by atoms with Crippen molar-refractivity contribution in [2.75, 3.05) is 23.9 Å². The fourth-order valence-electron chi connectivity index (χ4n) is 2.73. The van der Waals surface area contributed by atoms with E-state index in [1.54, 1.807) is 18.1 Å². The van der Waals surface area contributed by atoms with Gasteiger partial charge in [-0.1, -0.05) is 30.3 Å². The number of nitrogens with one attached hydrogen (secondary N) is 1. The molecule has 0 bridgehead atoms. The van der Waals surface area contributed by atoms with Gasteiger partial charge in [-0.25, -0.2) is 0 Å². The maximum atomic E-state index is 12.4. The van der Waals surface area contributed by atoms with E-state index in [9.17, 15) is 9.59 Å².